The maximum atomic E-state index is 13.1. The first-order valence-electron chi connectivity index (χ1n) is 9.85. The van der Waals surface area contributed by atoms with E-state index >= 15 is 0 Å². The molecule has 3 aliphatic rings. The van der Waals surface area contributed by atoms with E-state index in [9.17, 15) is 35.9 Å². The van der Waals surface area contributed by atoms with Crippen LogP contribution in [0.15, 0.2) is 36.4 Å². The van der Waals surface area contributed by atoms with Gasteiger partial charge in [-0.3, -0.25) is 0 Å². The molecule has 0 N–H and O–H groups in total. The molecule has 1 heterocycles. The first-order valence-corrected chi connectivity index (χ1v) is 15.5. The fourth-order valence-electron chi connectivity index (χ4n) is 4.76. The van der Waals surface area contributed by atoms with Crippen molar-refractivity contribution < 1.29 is 43.5 Å². The third-order valence-electron chi connectivity index (χ3n) is 5.98. The summed E-state index contributed by atoms with van der Waals surface area (Å²) >= 11 is -8.04. The van der Waals surface area contributed by atoms with Crippen LogP contribution in [0.5, 0.6) is 0 Å². The minimum absolute atomic E-state index is 0.282. The summed E-state index contributed by atoms with van der Waals surface area (Å²) in [6, 6.07) is 9.90. The molecule has 34 heavy (non-hydrogen) atoms. The number of rotatable bonds is 2. The molecule has 0 saturated carbocycles. The molecular formula is C21H14F6I2O5. The van der Waals surface area contributed by atoms with Gasteiger partial charge in [0, 0.05) is 0 Å². The zero-order valence-electron chi connectivity index (χ0n) is 16.9. The van der Waals surface area contributed by atoms with Gasteiger partial charge in [-0.2, -0.15) is 0 Å². The summed E-state index contributed by atoms with van der Waals surface area (Å²) in [6.07, 6.45) is -8.25. The van der Waals surface area contributed by atoms with Crippen LogP contribution in [0.1, 0.15) is 35.1 Å². The molecule has 0 fully saturated rings. The van der Waals surface area contributed by atoms with E-state index in [2.05, 4.69) is 0 Å². The monoisotopic (exact) mass is 714 g/mol. The standard InChI is InChI=1S/C21H14F6I2O5/c22-20(23,24)17(30)32-28-13-5-1-3-11-7-9-19(15(11)13)10-8-12-4-2-6-14(16(12)19)29(34-28)33-18(31)21(25,26)27/h1-6H,7-10H2. The van der Waals surface area contributed by atoms with Gasteiger partial charge in [0.25, 0.3) is 0 Å². The average molecular weight is 714 g/mol. The topological polar surface area (TPSA) is 61.8 Å². The molecule has 1 spiro atoms. The Hall–Kier alpha value is -1.62. The third-order valence-corrected chi connectivity index (χ3v) is 15.9. The van der Waals surface area contributed by atoms with Crippen LogP contribution >= 0.6 is 41.3 Å². The SMILES string of the molecule is O=C(OI1OI(OC(=O)C(F)(F)F)c2cccc3c2C2(CCc4cccc1c42)CC3)C(F)(F)F. The summed E-state index contributed by atoms with van der Waals surface area (Å²) in [5.41, 5.74) is 2.56. The third kappa shape index (κ3) is 3.86. The van der Waals surface area contributed by atoms with E-state index < -0.39 is 71.0 Å². The van der Waals surface area contributed by atoms with Gasteiger partial charge < -0.3 is 0 Å². The zero-order chi connectivity index (χ0) is 24.5. The van der Waals surface area contributed by atoms with E-state index in [4.69, 9.17) is 7.53 Å². The Morgan fingerprint density at radius 2 is 1.18 bits per heavy atom. The van der Waals surface area contributed by atoms with E-state index in [0.717, 1.165) is 22.3 Å². The molecular weight excluding hydrogens is 700 g/mol. The van der Waals surface area contributed by atoms with Gasteiger partial charge in [-0.15, -0.1) is 0 Å². The van der Waals surface area contributed by atoms with Crippen molar-refractivity contribution in [3.63, 3.8) is 0 Å². The Bertz CT molecular complexity index is 1100. The van der Waals surface area contributed by atoms with Crippen molar-refractivity contribution in [1.29, 1.82) is 0 Å². The second kappa shape index (κ2) is 8.21. The fraction of sp³-hybridized carbons (Fsp3) is 0.333. The molecule has 5 nitrogen and oxygen atoms in total. The van der Waals surface area contributed by atoms with Crippen LogP contribution in [0.2, 0.25) is 0 Å². The predicted octanol–water partition coefficient (Wildman–Crippen LogP) is 6.12. The molecule has 13 heteroatoms. The molecule has 2 aromatic rings. The van der Waals surface area contributed by atoms with Crippen molar-refractivity contribution in [3.05, 3.63) is 65.8 Å². The number of carbonyl (C=O) groups excluding carboxylic acids is 2. The summed E-state index contributed by atoms with van der Waals surface area (Å²) in [5, 5.41) is 0. The van der Waals surface area contributed by atoms with Crippen molar-refractivity contribution in [2.75, 3.05) is 0 Å². The van der Waals surface area contributed by atoms with Gasteiger partial charge in [-0.1, -0.05) is 0 Å². The van der Waals surface area contributed by atoms with Crippen LogP contribution in [0.25, 0.3) is 0 Å². The Morgan fingerprint density at radius 1 is 0.765 bits per heavy atom. The Morgan fingerprint density at radius 3 is 1.56 bits per heavy atom. The van der Waals surface area contributed by atoms with Crippen LogP contribution < -0.4 is 0 Å². The Kier molecular flexibility index (Phi) is 5.82. The molecule has 0 unspecified atom stereocenters. The van der Waals surface area contributed by atoms with Gasteiger partial charge in [0.2, 0.25) is 0 Å². The number of carbonyl (C=O) groups is 2. The molecule has 1 aliphatic heterocycles. The molecule has 184 valence electrons. The van der Waals surface area contributed by atoms with E-state index in [1.165, 1.54) is 12.1 Å². The molecule has 0 radical (unpaired) electrons. The van der Waals surface area contributed by atoms with Crippen molar-refractivity contribution in [2.45, 2.75) is 43.5 Å². The van der Waals surface area contributed by atoms with Gasteiger partial charge in [-0.05, 0) is 0 Å². The molecule has 0 aromatic heterocycles. The van der Waals surface area contributed by atoms with Crippen molar-refractivity contribution in [1.82, 2.24) is 0 Å². The summed E-state index contributed by atoms with van der Waals surface area (Å²) in [5.74, 6) is -4.97. The molecule has 0 amide bonds. The van der Waals surface area contributed by atoms with Crippen molar-refractivity contribution >= 4 is 53.2 Å². The van der Waals surface area contributed by atoms with E-state index in [1.807, 2.05) is 12.1 Å². The Labute approximate surface area is 205 Å². The van der Waals surface area contributed by atoms with E-state index in [0.29, 0.717) is 25.7 Å². The molecule has 2 aliphatic carbocycles. The van der Waals surface area contributed by atoms with Crippen LogP contribution in [0, 0.1) is 7.14 Å². The van der Waals surface area contributed by atoms with Gasteiger partial charge in [-0.25, -0.2) is 0 Å². The van der Waals surface area contributed by atoms with Crippen LogP contribution in [-0.4, -0.2) is 24.3 Å². The quantitative estimate of drug-likeness (QED) is 0.278. The van der Waals surface area contributed by atoms with E-state index in [1.54, 1.807) is 12.1 Å². The molecule has 0 bridgehead atoms. The first-order chi connectivity index (χ1) is 15.9. The number of hydrogen-bond acceptors (Lipinski definition) is 5. The van der Waals surface area contributed by atoms with Crippen LogP contribution in [0.3, 0.4) is 0 Å². The zero-order valence-corrected chi connectivity index (χ0v) is 21.2. The van der Waals surface area contributed by atoms with Crippen LogP contribution in [-0.2, 0) is 35.4 Å². The van der Waals surface area contributed by atoms with Gasteiger partial charge in [0.15, 0.2) is 0 Å². The van der Waals surface area contributed by atoms with Gasteiger partial charge in [0.1, 0.15) is 0 Å². The molecule has 0 atom stereocenters. The average Bonchev–Trinajstić information content (AvgIpc) is 3.32. The van der Waals surface area contributed by atoms with Crippen molar-refractivity contribution in [2.24, 2.45) is 0 Å². The molecule has 0 saturated heterocycles. The minimum atomic E-state index is -5.32. The number of aryl methyl sites for hydroxylation is 2. The van der Waals surface area contributed by atoms with Gasteiger partial charge in [0.05, 0.1) is 0 Å². The summed E-state index contributed by atoms with van der Waals surface area (Å²) in [4.78, 5) is 23.5. The number of alkyl halides is 6. The fourth-order valence-corrected chi connectivity index (χ4v) is 16.0. The normalized spacial score (nSPS) is 20.2. The predicted molar refractivity (Wildman–Crippen MR) is 121 cm³/mol. The summed E-state index contributed by atoms with van der Waals surface area (Å²) in [6.45, 7) is 0. The second-order valence-electron chi connectivity index (χ2n) is 7.85. The summed E-state index contributed by atoms with van der Waals surface area (Å²) in [7, 11) is 0. The maximum absolute atomic E-state index is 13.1. The van der Waals surface area contributed by atoms with Crippen molar-refractivity contribution in [3.8, 4) is 0 Å². The number of benzene rings is 2. The Balaban J connectivity index is 1.71. The van der Waals surface area contributed by atoms with Gasteiger partial charge >= 0.3 is 206 Å². The molecule has 2 aromatic carbocycles. The summed E-state index contributed by atoms with van der Waals surface area (Å²) < 4.78 is 94.3. The number of halogens is 8. The van der Waals surface area contributed by atoms with Crippen LogP contribution in [0.4, 0.5) is 26.3 Å². The number of hydrogen-bond donors (Lipinski definition) is 0. The first kappa shape index (κ1) is 24.1. The second-order valence-corrected chi connectivity index (χ2v) is 16.1. The molecule has 5 rings (SSSR count). The van der Waals surface area contributed by atoms with E-state index in [-0.39, 0.29) is 7.14 Å².